The summed E-state index contributed by atoms with van der Waals surface area (Å²) < 4.78 is 0. The van der Waals surface area contributed by atoms with Gasteiger partial charge in [0, 0.05) is 24.4 Å². The molecule has 1 heterocycles. The fraction of sp³-hybridized carbons (Fsp3) is 0.417. The zero-order valence-corrected chi connectivity index (χ0v) is 9.78. The third-order valence-corrected chi connectivity index (χ3v) is 3.18. The number of benzene rings is 1. The minimum atomic E-state index is -0.840. The number of piperidine rings is 1. The standard InChI is InChI=1S/C12H14N2O4/c15-12(16)11-3-1-2-8-13(11)9-4-6-10(7-5-9)14(17)18/h4-7,11H,1-3,8H2,(H,15,16). The van der Waals surface area contributed by atoms with Crippen LogP contribution in [0.4, 0.5) is 11.4 Å². The Balaban J connectivity index is 2.23. The van der Waals surface area contributed by atoms with Gasteiger partial charge in [-0.05, 0) is 31.4 Å². The third-order valence-electron chi connectivity index (χ3n) is 3.18. The van der Waals surface area contributed by atoms with E-state index < -0.39 is 16.9 Å². The average molecular weight is 250 g/mol. The number of nitro groups is 1. The Labute approximate surface area is 104 Å². The number of nitro benzene ring substituents is 1. The van der Waals surface area contributed by atoms with Crippen molar-refractivity contribution in [3.05, 3.63) is 34.4 Å². The molecule has 18 heavy (non-hydrogen) atoms. The molecule has 96 valence electrons. The van der Waals surface area contributed by atoms with E-state index in [0.29, 0.717) is 13.0 Å². The lowest BCUT2D eigenvalue weighted by Crippen LogP contribution is -2.44. The number of carbonyl (C=O) groups is 1. The monoisotopic (exact) mass is 250 g/mol. The zero-order chi connectivity index (χ0) is 13.1. The normalized spacial score (nSPS) is 19.6. The first-order valence-corrected chi connectivity index (χ1v) is 5.83. The fourth-order valence-electron chi connectivity index (χ4n) is 2.26. The number of aliphatic carboxylic acids is 1. The van der Waals surface area contributed by atoms with Gasteiger partial charge in [-0.3, -0.25) is 10.1 Å². The average Bonchev–Trinajstić information content (AvgIpc) is 2.39. The highest BCUT2D eigenvalue weighted by molar-refractivity contribution is 5.78. The molecule has 1 N–H and O–H groups in total. The van der Waals surface area contributed by atoms with Gasteiger partial charge in [0.2, 0.25) is 0 Å². The highest BCUT2D eigenvalue weighted by atomic mass is 16.6. The second-order valence-electron chi connectivity index (χ2n) is 4.32. The number of non-ortho nitro benzene ring substituents is 1. The van der Waals surface area contributed by atoms with Crippen molar-refractivity contribution in [2.45, 2.75) is 25.3 Å². The van der Waals surface area contributed by atoms with Crippen LogP contribution in [-0.2, 0) is 4.79 Å². The highest BCUT2D eigenvalue weighted by Gasteiger charge is 2.28. The fourth-order valence-corrected chi connectivity index (χ4v) is 2.26. The van der Waals surface area contributed by atoms with Crippen molar-refractivity contribution in [3.8, 4) is 0 Å². The molecule has 2 rings (SSSR count). The van der Waals surface area contributed by atoms with E-state index in [2.05, 4.69) is 0 Å². The van der Waals surface area contributed by atoms with E-state index in [4.69, 9.17) is 5.11 Å². The second-order valence-corrected chi connectivity index (χ2v) is 4.32. The van der Waals surface area contributed by atoms with Gasteiger partial charge in [0.15, 0.2) is 0 Å². The maximum atomic E-state index is 11.2. The molecule has 1 aromatic carbocycles. The molecular formula is C12H14N2O4. The SMILES string of the molecule is O=C(O)C1CCCCN1c1ccc([N+](=O)[O-])cc1. The summed E-state index contributed by atoms with van der Waals surface area (Å²) in [6.07, 6.45) is 2.47. The van der Waals surface area contributed by atoms with Crippen LogP contribution in [0.25, 0.3) is 0 Å². The van der Waals surface area contributed by atoms with Crippen LogP contribution in [0.1, 0.15) is 19.3 Å². The molecule has 0 aromatic heterocycles. The Morgan fingerprint density at radius 1 is 1.33 bits per heavy atom. The Kier molecular flexibility index (Phi) is 3.45. The van der Waals surface area contributed by atoms with Crippen molar-refractivity contribution in [3.63, 3.8) is 0 Å². The first-order chi connectivity index (χ1) is 8.59. The molecule has 1 aliphatic rings. The molecule has 0 saturated carbocycles. The summed E-state index contributed by atoms with van der Waals surface area (Å²) >= 11 is 0. The smallest absolute Gasteiger partial charge is 0.326 e. The summed E-state index contributed by atoms with van der Waals surface area (Å²) in [4.78, 5) is 23.1. The maximum absolute atomic E-state index is 11.2. The summed E-state index contributed by atoms with van der Waals surface area (Å²) in [5.41, 5.74) is 0.746. The highest BCUT2D eigenvalue weighted by Crippen LogP contribution is 2.26. The minimum absolute atomic E-state index is 0.0163. The molecular weight excluding hydrogens is 236 g/mol. The molecule has 0 aliphatic carbocycles. The van der Waals surface area contributed by atoms with E-state index in [1.807, 2.05) is 0 Å². The number of hydrogen-bond acceptors (Lipinski definition) is 4. The van der Waals surface area contributed by atoms with E-state index in [0.717, 1.165) is 18.5 Å². The molecule has 1 saturated heterocycles. The molecule has 0 spiro atoms. The van der Waals surface area contributed by atoms with Gasteiger partial charge in [-0.2, -0.15) is 0 Å². The summed E-state index contributed by atoms with van der Waals surface area (Å²) in [7, 11) is 0. The van der Waals surface area contributed by atoms with Gasteiger partial charge in [0.25, 0.3) is 5.69 Å². The first-order valence-electron chi connectivity index (χ1n) is 5.83. The lowest BCUT2D eigenvalue weighted by atomic mass is 10.0. The molecule has 1 aromatic rings. The quantitative estimate of drug-likeness (QED) is 0.655. The van der Waals surface area contributed by atoms with Crippen molar-refractivity contribution in [2.24, 2.45) is 0 Å². The number of carboxylic acids is 1. The maximum Gasteiger partial charge on any atom is 0.326 e. The predicted molar refractivity (Wildman–Crippen MR) is 65.7 cm³/mol. The van der Waals surface area contributed by atoms with Crippen LogP contribution >= 0.6 is 0 Å². The number of hydrogen-bond donors (Lipinski definition) is 1. The molecule has 6 nitrogen and oxygen atoms in total. The van der Waals surface area contributed by atoms with Crippen LogP contribution in [-0.4, -0.2) is 28.6 Å². The molecule has 0 amide bonds. The number of anilines is 1. The van der Waals surface area contributed by atoms with E-state index in [-0.39, 0.29) is 5.69 Å². The van der Waals surface area contributed by atoms with Gasteiger partial charge >= 0.3 is 5.97 Å². The molecule has 0 bridgehead atoms. The molecule has 1 fully saturated rings. The zero-order valence-electron chi connectivity index (χ0n) is 9.78. The van der Waals surface area contributed by atoms with Crippen LogP contribution < -0.4 is 4.90 Å². The number of carboxylic acid groups (broad SMARTS) is 1. The Morgan fingerprint density at radius 3 is 2.56 bits per heavy atom. The van der Waals surface area contributed by atoms with E-state index in [1.165, 1.54) is 12.1 Å². The molecule has 1 unspecified atom stereocenters. The van der Waals surface area contributed by atoms with E-state index in [1.54, 1.807) is 17.0 Å². The van der Waals surface area contributed by atoms with Crippen LogP contribution in [0.3, 0.4) is 0 Å². The number of rotatable bonds is 3. The molecule has 1 aliphatic heterocycles. The van der Waals surface area contributed by atoms with Crippen molar-refractivity contribution in [2.75, 3.05) is 11.4 Å². The van der Waals surface area contributed by atoms with Gasteiger partial charge in [-0.25, -0.2) is 4.79 Å². The largest absolute Gasteiger partial charge is 0.480 e. The van der Waals surface area contributed by atoms with Gasteiger partial charge < -0.3 is 10.0 Å². The van der Waals surface area contributed by atoms with Crippen LogP contribution in [0.5, 0.6) is 0 Å². The number of nitrogens with zero attached hydrogens (tertiary/aromatic N) is 2. The lowest BCUT2D eigenvalue weighted by Gasteiger charge is -2.34. The lowest BCUT2D eigenvalue weighted by molar-refractivity contribution is -0.384. The summed E-state index contributed by atoms with van der Waals surface area (Å²) in [6.45, 7) is 0.675. The summed E-state index contributed by atoms with van der Waals surface area (Å²) in [5.74, 6) is -0.840. The van der Waals surface area contributed by atoms with Crippen molar-refractivity contribution in [1.29, 1.82) is 0 Å². The summed E-state index contributed by atoms with van der Waals surface area (Å²) in [5, 5.41) is 19.7. The Bertz CT molecular complexity index is 458. The van der Waals surface area contributed by atoms with Crippen LogP contribution in [0.2, 0.25) is 0 Å². The Hall–Kier alpha value is -2.11. The molecule has 1 atom stereocenters. The summed E-state index contributed by atoms with van der Waals surface area (Å²) in [6, 6.07) is 5.50. The second kappa shape index (κ2) is 5.03. The van der Waals surface area contributed by atoms with E-state index >= 15 is 0 Å². The van der Waals surface area contributed by atoms with Gasteiger partial charge in [-0.15, -0.1) is 0 Å². The topological polar surface area (TPSA) is 83.7 Å². The van der Waals surface area contributed by atoms with Crippen molar-refractivity contribution >= 4 is 17.3 Å². The Morgan fingerprint density at radius 2 is 2.00 bits per heavy atom. The van der Waals surface area contributed by atoms with Crippen molar-refractivity contribution in [1.82, 2.24) is 0 Å². The third kappa shape index (κ3) is 2.42. The molecule has 0 radical (unpaired) electrons. The van der Waals surface area contributed by atoms with Gasteiger partial charge in [-0.1, -0.05) is 0 Å². The van der Waals surface area contributed by atoms with Gasteiger partial charge in [0.1, 0.15) is 6.04 Å². The van der Waals surface area contributed by atoms with Crippen LogP contribution in [0.15, 0.2) is 24.3 Å². The van der Waals surface area contributed by atoms with Crippen LogP contribution in [0, 0.1) is 10.1 Å². The van der Waals surface area contributed by atoms with Gasteiger partial charge in [0.05, 0.1) is 4.92 Å². The van der Waals surface area contributed by atoms with E-state index in [9.17, 15) is 14.9 Å². The molecule has 6 heteroatoms. The minimum Gasteiger partial charge on any atom is -0.480 e. The first kappa shape index (κ1) is 12.3. The van der Waals surface area contributed by atoms with Crippen molar-refractivity contribution < 1.29 is 14.8 Å². The predicted octanol–water partition coefficient (Wildman–Crippen LogP) is 2.04.